The first-order chi connectivity index (χ1) is 8.56. The van der Waals surface area contributed by atoms with E-state index in [1.54, 1.807) is 0 Å². The van der Waals surface area contributed by atoms with E-state index in [1.165, 1.54) is 5.56 Å². The Bertz CT molecular complexity index is 635. The Kier molecular flexibility index (Phi) is 2.27. The van der Waals surface area contributed by atoms with Gasteiger partial charge in [0.15, 0.2) is 0 Å². The second-order valence-corrected chi connectivity index (χ2v) is 5.34. The number of aliphatic carboxylic acids is 1. The minimum absolute atomic E-state index is 0.663. The normalized spacial score (nSPS) is 17.7. The van der Waals surface area contributed by atoms with Crippen molar-refractivity contribution in [1.29, 1.82) is 0 Å². The summed E-state index contributed by atoms with van der Waals surface area (Å²) >= 11 is 0. The second kappa shape index (κ2) is 3.61. The molecule has 0 saturated heterocycles. The summed E-state index contributed by atoms with van der Waals surface area (Å²) in [5, 5.41) is 10.7. The molecular weight excluding hydrogens is 226 g/mol. The summed E-state index contributed by atoms with van der Waals surface area (Å²) in [4.78, 5) is 15.0. The van der Waals surface area contributed by atoms with Crippen molar-refractivity contribution in [2.24, 2.45) is 0 Å². The highest BCUT2D eigenvalue weighted by molar-refractivity contribution is 5.94. The summed E-state index contributed by atoms with van der Waals surface area (Å²) in [7, 11) is 0. The van der Waals surface area contributed by atoms with E-state index in [0.29, 0.717) is 0 Å². The number of hydrogen-bond acceptors (Lipinski definition) is 1. The molecule has 1 aliphatic carbocycles. The standard InChI is InChI=1S/C15H17NO2/c1-9-10(2)16-13-11(9)5-3-6-12(13)15(14(17)18)7-4-8-15/h3,5-6,16H,4,7-8H2,1-2H3,(H,17,18). The Morgan fingerprint density at radius 3 is 2.61 bits per heavy atom. The molecule has 0 amide bonds. The van der Waals surface area contributed by atoms with Crippen LogP contribution >= 0.6 is 0 Å². The maximum absolute atomic E-state index is 11.6. The minimum Gasteiger partial charge on any atom is -0.481 e. The maximum atomic E-state index is 11.6. The summed E-state index contributed by atoms with van der Waals surface area (Å²) in [6, 6.07) is 6.00. The van der Waals surface area contributed by atoms with Crippen LogP contribution in [-0.2, 0) is 10.2 Å². The molecule has 1 aromatic heterocycles. The monoisotopic (exact) mass is 243 g/mol. The predicted octanol–water partition coefficient (Wildman–Crippen LogP) is 3.29. The molecule has 1 fully saturated rings. The van der Waals surface area contributed by atoms with Crippen molar-refractivity contribution in [3.05, 3.63) is 35.0 Å². The third-order valence-electron chi connectivity index (χ3n) is 4.48. The number of aromatic nitrogens is 1. The molecule has 1 heterocycles. The lowest BCUT2D eigenvalue weighted by atomic mass is 9.64. The lowest BCUT2D eigenvalue weighted by Crippen LogP contribution is -2.42. The number of H-pyrrole nitrogens is 1. The Hall–Kier alpha value is -1.77. The van der Waals surface area contributed by atoms with Crippen molar-refractivity contribution in [2.75, 3.05) is 0 Å². The van der Waals surface area contributed by atoms with Crippen LogP contribution in [0.2, 0.25) is 0 Å². The molecule has 2 aromatic rings. The van der Waals surface area contributed by atoms with Gasteiger partial charge in [-0.1, -0.05) is 24.6 Å². The highest BCUT2D eigenvalue weighted by Crippen LogP contribution is 2.46. The first kappa shape index (κ1) is 11.3. The van der Waals surface area contributed by atoms with Gasteiger partial charge in [-0.05, 0) is 37.8 Å². The predicted molar refractivity (Wildman–Crippen MR) is 70.9 cm³/mol. The third kappa shape index (κ3) is 1.27. The third-order valence-corrected chi connectivity index (χ3v) is 4.48. The van der Waals surface area contributed by atoms with Crippen molar-refractivity contribution in [3.63, 3.8) is 0 Å². The number of carbonyl (C=O) groups is 1. The second-order valence-electron chi connectivity index (χ2n) is 5.34. The van der Waals surface area contributed by atoms with Gasteiger partial charge in [-0.25, -0.2) is 0 Å². The SMILES string of the molecule is Cc1[nH]c2c(C3(C(=O)O)CCC3)cccc2c1C. The van der Waals surface area contributed by atoms with E-state index < -0.39 is 11.4 Å². The molecular formula is C15H17NO2. The van der Waals surface area contributed by atoms with Crippen LogP contribution in [-0.4, -0.2) is 16.1 Å². The van der Waals surface area contributed by atoms with Crippen molar-refractivity contribution in [3.8, 4) is 0 Å². The zero-order chi connectivity index (χ0) is 12.9. The number of para-hydroxylation sites is 1. The number of hydrogen-bond donors (Lipinski definition) is 2. The van der Waals surface area contributed by atoms with Crippen LogP contribution in [0.15, 0.2) is 18.2 Å². The molecule has 0 unspecified atom stereocenters. The number of aryl methyl sites for hydroxylation is 2. The average Bonchev–Trinajstić information content (AvgIpc) is 2.55. The molecule has 1 aliphatic rings. The Balaban J connectivity index is 2.30. The summed E-state index contributed by atoms with van der Waals surface area (Å²) in [6.07, 6.45) is 2.50. The summed E-state index contributed by atoms with van der Waals surface area (Å²) < 4.78 is 0. The van der Waals surface area contributed by atoms with Gasteiger partial charge in [0.25, 0.3) is 0 Å². The van der Waals surface area contributed by atoms with Crippen LogP contribution in [0.5, 0.6) is 0 Å². The quantitative estimate of drug-likeness (QED) is 0.850. The van der Waals surface area contributed by atoms with E-state index in [-0.39, 0.29) is 0 Å². The lowest BCUT2D eigenvalue weighted by molar-refractivity contribution is -0.147. The Morgan fingerprint density at radius 2 is 2.06 bits per heavy atom. The molecule has 94 valence electrons. The number of fused-ring (bicyclic) bond motifs is 1. The molecule has 2 N–H and O–H groups in total. The van der Waals surface area contributed by atoms with E-state index >= 15 is 0 Å². The number of carboxylic acids is 1. The summed E-state index contributed by atoms with van der Waals surface area (Å²) in [6.45, 7) is 4.11. The fraction of sp³-hybridized carbons (Fsp3) is 0.400. The number of aromatic amines is 1. The molecule has 3 heteroatoms. The zero-order valence-corrected chi connectivity index (χ0v) is 10.7. The molecule has 0 spiro atoms. The highest BCUT2D eigenvalue weighted by Gasteiger charge is 2.47. The van der Waals surface area contributed by atoms with E-state index in [0.717, 1.165) is 41.4 Å². The number of benzene rings is 1. The van der Waals surface area contributed by atoms with Crippen LogP contribution in [0.25, 0.3) is 10.9 Å². The van der Waals surface area contributed by atoms with Gasteiger partial charge in [-0.3, -0.25) is 4.79 Å². The molecule has 3 rings (SSSR count). The largest absolute Gasteiger partial charge is 0.481 e. The van der Waals surface area contributed by atoms with Gasteiger partial charge in [-0.2, -0.15) is 0 Å². The van der Waals surface area contributed by atoms with E-state index in [4.69, 9.17) is 0 Å². The molecule has 1 saturated carbocycles. The molecule has 0 radical (unpaired) electrons. The van der Waals surface area contributed by atoms with Gasteiger partial charge < -0.3 is 10.1 Å². The zero-order valence-electron chi connectivity index (χ0n) is 10.7. The fourth-order valence-electron chi connectivity index (χ4n) is 3.01. The van der Waals surface area contributed by atoms with Crippen LogP contribution in [0.4, 0.5) is 0 Å². The van der Waals surface area contributed by atoms with Crippen LogP contribution < -0.4 is 0 Å². The van der Waals surface area contributed by atoms with Gasteiger partial charge >= 0.3 is 5.97 Å². The van der Waals surface area contributed by atoms with Gasteiger partial charge in [0.2, 0.25) is 0 Å². The first-order valence-corrected chi connectivity index (χ1v) is 6.38. The van der Waals surface area contributed by atoms with Crippen molar-refractivity contribution in [2.45, 2.75) is 38.5 Å². The highest BCUT2D eigenvalue weighted by atomic mass is 16.4. The van der Waals surface area contributed by atoms with Gasteiger partial charge in [0.1, 0.15) is 0 Å². The average molecular weight is 243 g/mol. The number of nitrogens with one attached hydrogen (secondary N) is 1. The molecule has 1 aromatic carbocycles. The number of carboxylic acid groups (broad SMARTS) is 1. The Morgan fingerprint density at radius 1 is 1.33 bits per heavy atom. The van der Waals surface area contributed by atoms with Gasteiger partial charge in [0, 0.05) is 11.1 Å². The summed E-state index contributed by atoms with van der Waals surface area (Å²) in [5.41, 5.74) is 3.64. The van der Waals surface area contributed by atoms with Crippen molar-refractivity contribution < 1.29 is 9.90 Å². The first-order valence-electron chi connectivity index (χ1n) is 6.38. The van der Waals surface area contributed by atoms with Crippen molar-refractivity contribution >= 4 is 16.9 Å². The van der Waals surface area contributed by atoms with Gasteiger partial charge in [-0.15, -0.1) is 0 Å². The maximum Gasteiger partial charge on any atom is 0.314 e. The van der Waals surface area contributed by atoms with Crippen molar-refractivity contribution in [1.82, 2.24) is 4.98 Å². The smallest absolute Gasteiger partial charge is 0.314 e. The molecule has 0 aliphatic heterocycles. The molecule has 0 bridgehead atoms. The van der Waals surface area contributed by atoms with Gasteiger partial charge in [0.05, 0.1) is 10.9 Å². The minimum atomic E-state index is -0.689. The van der Waals surface area contributed by atoms with Crippen LogP contribution in [0.3, 0.4) is 0 Å². The van der Waals surface area contributed by atoms with E-state index in [2.05, 4.69) is 18.0 Å². The Labute approximate surface area is 106 Å². The van der Waals surface area contributed by atoms with Crippen LogP contribution in [0, 0.1) is 13.8 Å². The lowest BCUT2D eigenvalue weighted by Gasteiger charge is -2.38. The summed E-state index contributed by atoms with van der Waals surface area (Å²) in [5.74, 6) is -0.689. The fourth-order valence-corrected chi connectivity index (χ4v) is 3.01. The molecule has 0 atom stereocenters. The van der Waals surface area contributed by atoms with E-state index in [1.807, 2.05) is 19.1 Å². The topological polar surface area (TPSA) is 53.1 Å². The molecule has 18 heavy (non-hydrogen) atoms. The van der Waals surface area contributed by atoms with E-state index in [9.17, 15) is 9.90 Å². The van der Waals surface area contributed by atoms with Crippen LogP contribution in [0.1, 0.15) is 36.1 Å². The number of rotatable bonds is 2. The molecule has 3 nitrogen and oxygen atoms in total.